The van der Waals surface area contributed by atoms with Crippen LogP contribution in [0.25, 0.3) is 0 Å². The van der Waals surface area contributed by atoms with Gasteiger partial charge in [0.2, 0.25) is 5.91 Å². The highest BCUT2D eigenvalue weighted by atomic mass is 16.5. The number of hydrogen-bond donors (Lipinski definition) is 1. The molecule has 2 unspecified atom stereocenters. The molecule has 1 N–H and O–H groups in total. The summed E-state index contributed by atoms with van der Waals surface area (Å²) in [4.78, 5) is 17.2. The van der Waals surface area contributed by atoms with Gasteiger partial charge in [-0.05, 0) is 26.3 Å². The Labute approximate surface area is 115 Å². The van der Waals surface area contributed by atoms with Crippen LogP contribution in [0.2, 0.25) is 0 Å². The van der Waals surface area contributed by atoms with Gasteiger partial charge in [-0.3, -0.25) is 9.69 Å². The van der Waals surface area contributed by atoms with Crippen LogP contribution >= 0.6 is 0 Å². The summed E-state index contributed by atoms with van der Waals surface area (Å²) in [5, 5.41) is 3.32. The molecule has 19 heavy (non-hydrogen) atoms. The van der Waals surface area contributed by atoms with E-state index >= 15 is 0 Å². The van der Waals surface area contributed by atoms with Crippen LogP contribution in [0.15, 0.2) is 0 Å². The van der Waals surface area contributed by atoms with Crippen molar-refractivity contribution in [3.8, 4) is 0 Å². The number of hydrogen-bond acceptors (Lipinski definition) is 4. The molecule has 5 nitrogen and oxygen atoms in total. The molecule has 0 saturated carbocycles. The van der Waals surface area contributed by atoms with Crippen molar-refractivity contribution in [2.24, 2.45) is 5.41 Å². The van der Waals surface area contributed by atoms with Gasteiger partial charge < -0.3 is 15.0 Å². The van der Waals surface area contributed by atoms with E-state index in [1.54, 1.807) is 0 Å². The summed E-state index contributed by atoms with van der Waals surface area (Å²) in [5.41, 5.74) is -0.167. The van der Waals surface area contributed by atoms with E-state index in [1.807, 2.05) is 0 Å². The van der Waals surface area contributed by atoms with Gasteiger partial charge in [0.15, 0.2) is 0 Å². The molecular weight excluding hydrogens is 242 g/mol. The predicted molar refractivity (Wildman–Crippen MR) is 73.0 cm³/mol. The highest BCUT2D eigenvalue weighted by Gasteiger charge is 2.42. The maximum Gasteiger partial charge on any atom is 0.229 e. The quantitative estimate of drug-likeness (QED) is 0.760. The second-order valence-electron chi connectivity index (χ2n) is 6.33. The monoisotopic (exact) mass is 267 g/mol. The van der Waals surface area contributed by atoms with Crippen molar-refractivity contribution in [2.75, 3.05) is 52.5 Å². The smallest absolute Gasteiger partial charge is 0.229 e. The zero-order chi connectivity index (χ0) is 13.3. The molecule has 0 aromatic rings. The van der Waals surface area contributed by atoms with Crippen LogP contribution in [-0.2, 0) is 9.53 Å². The molecule has 3 rings (SSSR count). The zero-order valence-corrected chi connectivity index (χ0v) is 11.9. The van der Waals surface area contributed by atoms with Crippen molar-refractivity contribution in [1.29, 1.82) is 0 Å². The number of nitrogens with zero attached hydrogens (tertiary/aromatic N) is 2. The number of carbonyl (C=O) groups is 1. The summed E-state index contributed by atoms with van der Waals surface area (Å²) < 4.78 is 5.40. The topological polar surface area (TPSA) is 44.8 Å². The average molecular weight is 267 g/mol. The molecule has 108 valence electrons. The van der Waals surface area contributed by atoms with E-state index in [2.05, 4.69) is 22.0 Å². The first-order valence-corrected chi connectivity index (χ1v) is 7.51. The van der Waals surface area contributed by atoms with Crippen LogP contribution in [0.3, 0.4) is 0 Å². The molecule has 1 amide bonds. The van der Waals surface area contributed by atoms with Crippen LogP contribution in [0, 0.1) is 5.41 Å². The van der Waals surface area contributed by atoms with Gasteiger partial charge in [-0.1, -0.05) is 0 Å². The van der Waals surface area contributed by atoms with Crippen LogP contribution in [-0.4, -0.2) is 74.2 Å². The van der Waals surface area contributed by atoms with Gasteiger partial charge in [-0.15, -0.1) is 0 Å². The Balaban J connectivity index is 1.57. The number of likely N-dealkylation sites (tertiary alicyclic amines) is 1. The van der Waals surface area contributed by atoms with Gasteiger partial charge in [0.25, 0.3) is 0 Å². The molecule has 3 aliphatic rings. The lowest BCUT2D eigenvalue weighted by Crippen LogP contribution is -2.47. The van der Waals surface area contributed by atoms with Gasteiger partial charge in [0.05, 0.1) is 18.6 Å². The second kappa shape index (κ2) is 5.38. The lowest BCUT2D eigenvalue weighted by molar-refractivity contribution is -0.139. The Morgan fingerprint density at radius 1 is 1.32 bits per heavy atom. The van der Waals surface area contributed by atoms with Crippen molar-refractivity contribution >= 4 is 5.91 Å². The Hall–Kier alpha value is -0.650. The Morgan fingerprint density at radius 3 is 2.79 bits per heavy atom. The Bertz CT molecular complexity index is 336. The van der Waals surface area contributed by atoms with Crippen LogP contribution in [0.1, 0.15) is 19.8 Å². The molecule has 0 bridgehead atoms. The van der Waals surface area contributed by atoms with Crippen molar-refractivity contribution in [1.82, 2.24) is 15.1 Å². The third-order valence-electron chi connectivity index (χ3n) is 4.90. The average Bonchev–Trinajstić information content (AvgIpc) is 3.09. The largest absolute Gasteiger partial charge is 0.379 e. The van der Waals surface area contributed by atoms with Crippen LogP contribution in [0.5, 0.6) is 0 Å². The summed E-state index contributed by atoms with van der Waals surface area (Å²) in [6.07, 6.45) is 2.10. The van der Waals surface area contributed by atoms with Gasteiger partial charge >= 0.3 is 0 Å². The SMILES string of the molecule is CC1(C(=O)N2CCC(N3CCOCC3)C2)CCNC1. The van der Waals surface area contributed by atoms with E-state index in [9.17, 15) is 4.79 Å². The molecule has 3 aliphatic heterocycles. The summed E-state index contributed by atoms with van der Waals surface area (Å²) in [5.74, 6) is 0.355. The van der Waals surface area contributed by atoms with Crippen molar-refractivity contribution in [3.05, 3.63) is 0 Å². The minimum atomic E-state index is -0.167. The van der Waals surface area contributed by atoms with Crippen LogP contribution in [0.4, 0.5) is 0 Å². The first-order valence-electron chi connectivity index (χ1n) is 7.51. The van der Waals surface area contributed by atoms with Crippen LogP contribution < -0.4 is 5.32 Å². The fourth-order valence-corrected chi connectivity index (χ4v) is 3.55. The molecule has 2 atom stereocenters. The number of rotatable bonds is 2. The third-order valence-corrected chi connectivity index (χ3v) is 4.90. The summed E-state index contributed by atoms with van der Waals surface area (Å²) in [7, 11) is 0. The predicted octanol–water partition coefficient (Wildman–Crippen LogP) is -0.0809. The van der Waals surface area contributed by atoms with E-state index < -0.39 is 0 Å². The van der Waals surface area contributed by atoms with Gasteiger partial charge in [0, 0.05) is 38.8 Å². The maximum atomic E-state index is 12.6. The lowest BCUT2D eigenvalue weighted by atomic mass is 9.88. The number of nitrogens with one attached hydrogen (secondary N) is 1. The zero-order valence-electron chi connectivity index (χ0n) is 11.9. The van der Waals surface area contributed by atoms with Crippen molar-refractivity contribution < 1.29 is 9.53 Å². The number of ether oxygens (including phenoxy) is 1. The number of amides is 1. The van der Waals surface area contributed by atoms with Gasteiger partial charge in [-0.2, -0.15) is 0 Å². The maximum absolute atomic E-state index is 12.6. The molecule has 3 heterocycles. The van der Waals surface area contributed by atoms with Crippen molar-refractivity contribution in [3.63, 3.8) is 0 Å². The van der Waals surface area contributed by atoms with E-state index in [0.29, 0.717) is 11.9 Å². The first kappa shape index (κ1) is 13.3. The standard InChI is InChI=1S/C14H25N3O2/c1-14(3-4-15-11-14)13(18)17-5-2-12(10-17)16-6-8-19-9-7-16/h12,15H,2-11H2,1H3. The van der Waals surface area contributed by atoms with Gasteiger partial charge in [0.1, 0.15) is 0 Å². The molecule has 0 radical (unpaired) electrons. The van der Waals surface area contributed by atoms with E-state index in [1.165, 1.54) is 0 Å². The molecule has 3 fully saturated rings. The number of morpholine rings is 1. The highest BCUT2D eigenvalue weighted by Crippen LogP contribution is 2.29. The molecule has 0 spiro atoms. The number of carbonyl (C=O) groups excluding carboxylic acids is 1. The summed E-state index contributed by atoms with van der Waals surface area (Å²) in [6.45, 7) is 9.48. The van der Waals surface area contributed by atoms with E-state index in [0.717, 1.165) is 65.3 Å². The Morgan fingerprint density at radius 2 is 2.11 bits per heavy atom. The highest BCUT2D eigenvalue weighted by molar-refractivity contribution is 5.83. The molecule has 5 heteroatoms. The fraction of sp³-hybridized carbons (Fsp3) is 0.929. The molecule has 0 aromatic heterocycles. The lowest BCUT2D eigenvalue weighted by Gasteiger charge is -2.33. The Kier molecular flexibility index (Phi) is 3.78. The molecule has 0 aromatic carbocycles. The van der Waals surface area contributed by atoms with Crippen molar-refractivity contribution in [2.45, 2.75) is 25.8 Å². The van der Waals surface area contributed by atoms with E-state index in [-0.39, 0.29) is 5.41 Å². The second-order valence-corrected chi connectivity index (χ2v) is 6.33. The minimum Gasteiger partial charge on any atom is -0.379 e. The third kappa shape index (κ3) is 2.64. The summed E-state index contributed by atoms with van der Waals surface area (Å²) >= 11 is 0. The molecular formula is C14H25N3O2. The summed E-state index contributed by atoms with van der Waals surface area (Å²) in [6, 6.07) is 0.547. The molecule has 0 aliphatic carbocycles. The first-order chi connectivity index (χ1) is 9.19. The molecule has 3 saturated heterocycles. The van der Waals surface area contributed by atoms with E-state index in [4.69, 9.17) is 4.74 Å². The van der Waals surface area contributed by atoms with Gasteiger partial charge in [-0.25, -0.2) is 0 Å². The fourth-order valence-electron chi connectivity index (χ4n) is 3.55. The normalized spacial score (nSPS) is 36.9. The minimum absolute atomic E-state index is 0.167.